The summed E-state index contributed by atoms with van der Waals surface area (Å²) in [6.07, 6.45) is 3.75. The number of carbonyl (C=O) groups is 2. The number of para-hydroxylation sites is 1. The summed E-state index contributed by atoms with van der Waals surface area (Å²) in [6.45, 7) is 4.11. The number of ether oxygens (including phenoxy) is 1. The van der Waals surface area contributed by atoms with Crippen molar-refractivity contribution >= 4 is 30.1 Å². The van der Waals surface area contributed by atoms with Crippen LogP contribution in [0.2, 0.25) is 0 Å². The average Bonchev–Trinajstić information content (AvgIpc) is 3.36. The van der Waals surface area contributed by atoms with E-state index in [-0.39, 0.29) is 44.5 Å². The summed E-state index contributed by atoms with van der Waals surface area (Å²) in [5.41, 5.74) is 0.434. The number of nitrogens with zero attached hydrogens (tertiary/aromatic N) is 3. The Morgan fingerprint density at radius 1 is 1.26 bits per heavy atom. The maximum atomic E-state index is 13.7. The fraction of sp³-hybridized carbons (Fsp3) is 0.552. The Hall–Kier alpha value is -3.47. The van der Waals surface area contributed by atoms with Crippen LogP contribution in [0.5, 0.6) is 0 Å². The van der Waals surface area contributed by atoms with Gasteiger partial charge in [-0.3, -0.25) is 9.69 Å². The molecule has 0 radical (unpaired) electrons. The molecule has 2 saturated heterocycles. The lowest BCUT2D eigenvalue weighted by Crippen LogP contribution is -2.51. The number of alkyl carbamates (subject to hydrolysis) is 1. The van der Waals surface area contributed by atoms with Gasteiger partial charge in [-0.1, -0.05) is 18.2 Å². The van der Waals surface area contributed by atoms with E-state index >= 15 is 0 Å². The van der Waals surface area contributed by atoms with E-state index in [4.69, 9.17) is 9.15 Å². The van der Waals surface area contributed by atoms with Gasteiger partial charge in [-0.25, -0.2) is 13.6 Å². The molecular formula is C29H37BF2N4O6. The van der Waals surface area contributed by atoms with E-state index in [0.717, 1.165) is 18.2 Å². The second-order valence-corrected chi connectivity index (χ2v) is 11.5. The molecule has 2 aliphatic heterocycles. The van der Waals surface area contributed by atoms with Gasteiger partial charge in [0.2, 0.25) is 0 Å². The van der Waals surface area contributed by atoms with Gasteiger partial charge in [0, 0.05) is 43.4 Å². The van der Waals surface area contributed by atoms with Gasteiger partial charge < -0.3 is 29.4 Å². The van der Waals surface area contributed by atoms with Crippen molar-refractivity contribution in [1.82, 2.24) is 15.1 Å². The van der Waals surface area contributed by atoms with Crippen LogP contribution in [-0.2, 0) is 16.0 Å². The predicted molar refractivity (Wildman–Crippen MR) is 151 cm³/mol. The minimum absolute atomic E-state index is 0.0819. The number of nitrogens with one attached hydrogen (secondary N) is 1. The molecule has 3 N–H and O–H groups in total. The number of nitriles is 1. The van der Waals surface area contributed by atoms with E-state index in [1.807, 2.05) is 29.2 Å². The first-order valence-electron chi connectivity index (χ1n) is 14.2. The Bertz CT molecular complexity index is 1330. The Labute approximate surface area is 244 Å². The number of halogens is 2. The number of benzene rings is 1. The van der Waals surface area contributed by atoms with Gasteiger partial charge in [-0.05, 0) is 57.2 Å². The van der Waals surface area contributed by atoms with Gasteiger partial charge in [0.15, 0.2) is 0 Å². The minimum Gasteiger partial charge on any atom is -0.464 e. The molecule has 1 aromatic heterocycles. The monoisotopic (exact) mass is 586 g/mol. The number of hydrogen-bond acceptors (Lipinski definition) is 8. The van der Waals surface area contributed by atoms with E-state index in [9.17, 15) is 33.7 Å². The largest absolute Gasteiger partial charge is 0.475 e. The van der Waals surface area contributed by atoms with Crippen LogP contribution in [0.25, 0.3) is 11.0 Å². The summed E-state index contributed by atoms with van der Waals surface area (Å²) in [5.74, 6) is -4.29. The molecule has 0 spiro atoms. The first kappa shape index (κ1) is 31.5. The molecule has 2 amide bonds. The van der Waals surface area contributed by atoms with Crippen LogP contribution >= 0.6 is 0 Å². The van der Waals surface area contributed by atoms with Crippen LogP contribution in [-0.4, -0.2) is 88.7 Å². The van der Waals surface area contributed by atoms with Gasteiger partial charge in [-0.2, -0.15) is 5.26 Å². The Morgan fingerprint density at radius 3 is 2.67 bits per heavy atom. The molecule has 4 rings (SSSR count). The van der Waals surface area contributed by atoms with E-state index in [2.05, 4.69) is 5.32 Å². The van der Waals surface area contributed by atoms with Gasteiger partial charge in [0.25, 0.3) is 11.8 Å². The fourth-order valence-corrected chi connectivity index (χ4v) is 5.62. The molecule has 2 aromatic rings. The van der Waals surface area contributed by atoms with Crippen molar-refractivity contribution < 1.29 is 37.6 Å². The zero-order valence-electron chi connectivity index (χ0n) is 23.9. The van der Waals surface area contributed by atoms with Crippen molar-refractivity contribution in [2.24, 2.45) is 0 Å². The fourth-order valence-electron chi connectivity index (χ4n) is 5.62. The molecule has 1 aromatic carbocycles. The van der Waals surface area contributed by atoms with Crippen LogP contribution in [0.1, 0.15) is 51.5 Å². The van der Waals surface area contributed by atoms with Crippen molar-refractivity contribution in [3.05, 3.63) is 47.7 Å². The van der Waals surface area contributed by atoms with Gasteiger partial charge in [-0.15, -0.1) is 0 Å². The average molecular weight is 586 g/mol. The molecule has 2 aliphatic rings. The zero-order chi connectivity index (χ0) is 30.5. The number of rotatable bonds is 9. The highest BCUT2D eigenvalue weighted by Crippen LogP contribution is 2.32. The molecule has 10 nitrogen and oxygen atoms in total. The van der Waals surface area contributed by atoms with E-state index < -0.39 is 42.6 Å². The van der Waals surface area contributed by atoms with Crippen molar-refractivity contribution in [1.29, 1.82) is 5.26 Å². The molecule has 2 atom stereocenters. The Morgan fingerprint density at radius 2 is 1.98 bits per heavy atom. The number of alkyl halides is 2. The highest BCUT2D eigenvalue weighted by atomic mass is 19.3. The summed E-state index contributed by atoms with van der Waals surface area (Å²) < 4.78 is 38.2. The summed E-state index contributed by atoms with van der Waals surface area (Å²) in [6, 6.07) is 8.75. The van der Waals surface area contributed by atoms with Crippen LogP contribution < -0.4 is 5.32 Å². The van der Waals surface area contributed by atoms with Crippen molar-refractivity contribution in [2.45, 2.75) is 75.8 Å². The zero-order valence-corrected chi connectivity index (χ0v) is 23.9. The summed E-state index contributed by atoms with van der Waals surface area (Å²) in [7, 11) is -1.86. The summed E-state index contributed by atoms with van der Waals surface area (Å²) >= 11 is 0. The lowest BCUT2D eigenvalue weighted by molar-refractivity contribution is -0.131. The van der Waals surface area contributed by atoms with Gasteiger partial charge in [0.1, 0.15) is 23.8 Å². The van der Waals surface area contributed by atoms with Crippen LogP contribution in [0, 0.1) is 11.3 Å². The van der Waals surface area contributed by atoms with Crippen LogP contribution in [0.3, 0.4) is 0 Å². The van der Waals surface area contributed by atoms with E-state index in [1.165, 1.54) is 17.2 Å². The lowest BCUT2D eigenvalue weighted by atomic mass is 9.76. The number of fused-ring (bicyclic) bond motifs is 1. The predicted octanol–water partition coefficient (Wildman–Crippen LogP) is 3.42. The first-order valence-corrected chi connectivity index (χ1v) is 14.2. The molecule has 2 fully saturated rings. The summed E-state index contributed by atoms with van der Waals surface area (Å²) in [5, 5.41) is 32.9. The molecule has 0 bridgehead atoms. The molecule has 226 valence electrons. The number of likely N-dealkylation sites (tertiary alicyclic amines) is 2. The standard InChI is InChI=1S/C29H37BF2N4O6/c1-28(2,35-13-10-29(31,32)11-14-35)16-21(17-33)26(37)36-12-6-5-7-22(36)19-42-27(38)34-25(30(39)40)15-20-18-41-24-9-4-3-8-23(20)24/h3-4,8-9,16,18,22,25,39-40H,5-7,10-15,19H2,1-2H3,(H,34,38)/b21-16+/t22-,25+/m1/s1. The van der Waals surface area contributed by atoms with Crippen LogP contribution in [0.15, 0.2) is 46.6 Å². The maximum Gasteiger partial charge on any atom is 0.475 e. The van der Waals surface area contributed by atoms with Crippen molar-refractivity contribution in [3.63, 3.8) is 0 Å². The highest BCUT2D eigenvalue weighted by molar-refractivity contribution is 6.43. The molecular weight excluding hydrogens is 549 g/mol. The molecule has 13 heteroatoms. The van der Waals surface area contributed by atoms with E-state index in [0.29, 0.717) is 24.1 Å². The second-order valence-electron chi connectivity index (χ2n) is 11.5. The minimum atomic E-state index is -2.71. The number of amides is 2. The number of hydrogen-bond donors (Lipinski definition) is 3. The summed E-state index contributed by atoms with van der Waals surface area (Å²) in [4.78, 5) is 29.5. The second kappa shape index (κ2) is 13.2. The van der Waals surface area contributed by atoms with Crippen molar-refractivity contribution in [3.8, 4) is 6.07 Å². The normalized spacial score (nSPS) is 20.5. The maximum absolute atomic E-state index is 13.7. The highest BCUT2D eigenvalue weighted by Gasteiger charge is 2.39. The number of carbonyl (C=O) groups excluding carboxylic acids is 2. The number of furan rings is 1. The molecule has 0 aliphatic carbocycles. The van der Waals surface area contributed by atoms with Gasteiger partial charge >= 0.3 is 13.2 Å². The van der Waals surface area contributed by atoms with E-state index in [1.54, 1.807) is 19.9 Å². The number of piperidine rings is 2. The Kier molecular flexibility index (Phi) is 9.91. The molecule has 42 heavy (non-hydrogen) atoms. The molecule has 3 heterocycles. The lowest BCUT2D eigenvalue weighted by Gasteiger charge is -2.41. The third-order valence-corrected chi connectivity index (χ3v) is 8.12. The molecule has 0 unspecified atom stereocenters. The Balaban J connectivity index is 1.37. The SMILES string of the molecule is CC(C)(/C=C(\C#N)C(=O)N1CCCC[C@@H]1COC(=O)N[C@@H](Cc1coc2ccccc12)B(O)O)N1CCC(F)(F)CC1. The van der Waals surface area contributed by atoms with Crippen LogP contribution in [0.4, 0.5) is 13.6 Å². The smallest absolute Gasteiger partial charge is 0.464 e. The topological polar surface area (TPSA) is 139 Å². The van der Waals surface area contributed by atoms with Gasteiger partial charge in [0.05, 0.1) is 18.2 Å². The third-order valence-electron chi connectivity index (χ3n) is 8.12. The molecule has 0 saturated carbocycles. The third kappa shape index (κ3) is 7.67. The van der Waals surface area contributed by atoms with Crippen molar-refractivity contribution in [2.75, 3.05) is 26.2 Å². The quantitative estimate of drug-likeness (QED) is 0.231. The first-order chi connectivity index (χ1) is 19.9.